The Kier molecular flexibility index (Phi) is 9.45. The number of amides is 2. The smallest absolute Gasteiger partial charge is 0.338 e. The number of hydrogen-bond acceptors (Lipinski definition) is 9. The number of esters is 1. The molecule has 45 heavy (non-hydrogen) atoms. The van der Waals surface area contributed by atoms with Gasteiger partial charge in [0.15, 0.2) is 0 Å². The van der Waals surface area contributed by atoms with Crippen LogP contribution in [0.4, 0.5) is 11.4 Å². The molecule has 1 aliphatic heterocycles. The normalized spacial score (nSPS) is 13.5. The van der Waals surface area contributed by atoms with Gasteiger partial charge >= 0.3 is 5.97 Å². The minimum absolute atomic E-state index is 0.0218. The van der Waals surface area contributed by atoms with E-state index in [9.17, 15) is 22.8 Å². The van der Waals surface area contributed by atoms with Crippen molar-refractivity contribution in [3.05, 3.63) is 124 Å². The first-order chi connectivity index (χ1) is 21.5. The fraction of sp³-hybridized carbons (Fsp3) is 0.182. The van der Waals surface area contributed by atoms with E-state index in [1.807, 2.05) is 24.3 Å². The van der Waals surface area contributed by atoms with Crippen molar-refractivity contribution in [2.45, 2.75) is 37.0 Å². The van der Waals surface area contributed by atoms with Crippen molar-refractivity contribution in [2.75, 3.05) is 17.1 Å². The number of imide groups is 1. The van der Waals surface area contributed by atoms with Crippen LogP contribution in [0.2, 0.25) is 0 Å². The quantitative estimate of drug-likeness (QED) is 0.138. The third kappa shape index (κ3) is 7.47. The Morgan fingerprint density at radius 1 is 0.911 bits per heavy atom. The first kappa shape index (κ1) is 31.6. The Labute approximate surface area is 265 Å². The molecule has 3 aromatic carbocycles. The van der Waals surface area contributed by atoms with Gasteiger partial charge in [0.1, 0.15) is 16.4 Å². The zero-order valence-electron chi connectivity index (χ0n) is 24.8. The molecule has 0 atom stereocenters. The second kappa shape index (κ2) is 13.4. The standard InChI is InChI=1S/C33H31N3O7S2/c1-21(2)22-10-12-24(13-11-22)34-29-30(32(38)36(31(29)37)19-26-8-6-18-43-26)44-27-16-14-25(15-17-27)35-45(40,41)20-23-7-4-5-9-28(23)33(39)42-3/h4-18,21,34-35H,19-20H2,1-3H3. The predicted molar refractivity (Wildman–Crippen MR) is 172 cm³/mol. The van der Waals surface area contributed by atoms with Gasteiger partial charge in [-0.2, -0.15) is 0 Å². The average molecular weight is 646 g/mol. The average Bonchev–Trinajstić information content (AvgIpc) is 3.61. The molecule has 0 saturated heterocycles. The van der Waals surface area contributed by atoms with Gasteiger partial charge in [0.25, 0.3) is 11.8 Å². The highest BCUT2D eigenvalue weighted by atomic mass is 32.2. The number of benzene rings is 3. The van der Waals surface area contributed by atoms with E-state index in [1.165, 1.54) is 19.4 Å². The van der Waals surface area contributed by atoms with Gasteiger partial charge in [0.05, 0.1) is 31.2 Å². The largest absolute Gasteiger partial charge is 0.467 e. The minimum Gasteiger partial charge on any atom is -0.467 e. The molecule has 1 aromatic heterocycles. The lowest BCUT2D eigenvalue weighted by Gasteiger charge is -2.14. The second-order valence-electron chi connectivity index (χ2n) is 10.5. The summed E-state index contributed by atoms with van der Waals surface area (Å²) in [4.78, 5) is 41.0. The zero-order chi connectivity index (χ0) is 32.1. The fourth-order valence-electron chi connectivity index (χ4n) is 4.64. The number of hydrogen-bond donors (Lipinski definition) is 2. The Bertz CT molecular complexity index is 1850. The number of furan rings is 1. The molecule has 0 radical (unpaired) electrons. The molecule has 0 bridgehead atoms. The fourth-order valence-corrected chi connectivity index (χ4v) is 6.82. The van der Waals surface area contributed by atoms with Crippen LogP contribution < -0.4 is 10.0 Å². The summed E-state index contributed by atoms with van der Waals surface area (Å²) in [5, 5.41) is 3.14. The minimum atomic E-state index is -3.89. The molecule has 1 aliphatic rings. The van der Waals surface area contributed by atoms with Crippen molar-refractivity contribution in [1.29, 1.82) is 0 Å². The number of anilines is 2. The third-order valence-corrected chi connectivity index (χ3v) is 9.31. The molecule has 12 heteroatoms. The summed E-state index contributed by atoms with van der Waals surface area (Å²) >= 11 is 1.10. The Hall–Kier alpha value is -4.81. The lowest BCUT2D eigenvalue weighted by atomic mass is 10.0. The number of ether oxygens (including phenoxy) is 1. The van der Waals surface area contributed by atoms with E-state index < -0.39 is 33.6 Å². The molecule has 0 unspecified atom stereocenters. The summed E-state index contributed by atoms with van der Waals surface area (Å²) in [5.41, 5.74) is 2.71. The number of nitrogens with zero attached hydrogens (tertiary/aromatic N) is 1. The number of rotatable bonds is 12. The van der Waals surface area contributed by atoms with Crippen molar-refractivity contribution in [1.82, 2.24) is 4.90 Å². The molecule has 0 saturated carbocycles. The highest BCUT2D eigenvalue weighted by molar-refractivity contribution is 8.04. The number of carbonyl (C=O) groups is 3. The van der Waals surface area contributed by atoms with Crippen LogP contribution in [0.3, 0.4) is 0 Å². The first-order valence-electron chi connectivity index (χ1n) is 14.0. The van der Waals surface area contributed by atoms with Crippen molar-refractivity contribution in [3.63, 3.8) is 0 Å². The van der Waals surface area contributed by atoms with E-state index in [0.717, 1.165) is 22.2 Å². The van der Waals surface area contributed by atoms with Crippen molar-refractivity contribution < 1.29 is 32.0 Å². The molecule has 5 rings (SSSR count). The van der Waals surface area contributed by atoms with E-state index in [1.54, 1.807) is 54.6 Å². The lowest BCUT2D eigenvalue weighted by molar-refractivity contribution is -0.138. The van der Waals surface area contributed by atoms with Crippen LogP contribution in [0.25, 0.3) is 0 Å². The van der Waals surface area contributed by atoms with E-state index in [2.05, 4.69) is 23.9 Å². The molecule has 2 N–H and O–H groups in total. The highest BCUT2D eigenvalue weighted by Crippen LogP contribution is 2.37. The summed E-state index contributed by atoms with van der Waals surface area (Å²) < 4.78 is 38.5. The number of methoxy groups -OCH3 is 1. The maximum absolute atomic E-state index is 13.5. The summed E-state index contributed by atoms with van der Waals surface area (Å²) in [6.45, 7) is 4.16. The van der Waals surface area contributed by atoms with Crippen LogP contribution in [0.1, 0.15) is 47.0 Å². The van der Waals surface area contributed by atoms with Gasteiger partial charge in [-0.1, -0.05) is 55.9 Å². The van der Waals surface area contributed by atoms with E-state index in [4.69, 9.17) is 9.15 Å². The molecule has 10 nitrogen and oxygen atoms in total. The number of sulfonamides is 1. The molecule has 0 spiro atoms. The molecule has 2 amide bonds. The monoisotopic (exact) mass is 645 g/mol. The topological polar surface area (TPSA) is 135 Å². The van der Waals surface area contributed by atoms with E-state index >= 15 is 0 Å². The predicted octanol–water partition coefficient (Wildman–Crippen LogP) is 6.12. The summed E-state index contributed by atoms with van der Waals surface area (Å²) in [5.74, 6) is -1.21. The molecule has 2 heterocycles. The Balaban J connectivity index is 1.35. The van der Waals surface area contributed by atoms with Crippen LogP contribution in [-0.2, 0) is 36.6 Å². The maximum Gasteiger partial charge on any atom is 0.338 e. The van der Waals surface area contributed by atoms with Gasteiger partial charge in [-0.15, -0.1) is 0 Å². The van der Waals surface area contributed by atoms with Gasteiger partial charge in [-0.3, -0.25) is 19.2 Å². The SMILES string of the molecule is COC(=O)c1ccccc1CS(=O)(=O)Nc1ccc(SC2=C(Nc3ccc(C(C)C)cc3)C(=O)N(Cc3ccco3)C2=O)cc1. The maximum atomic E-state index is 13.5. The van der Waals surface area contributed by atoms with Crippen LogP contribution in [0.5, 0.6) is 0 Å². The van der Waals surface area contributed by atoms with E-state index in [-0.39, 0.29) is 22.7 Å². The lowest BCUT2D eigenvalue weighted by Crippen LogP contribution is -2.31. The summed E-state index contributed by atoms with van der Waals surface area (Å²) in [7, 11) is -2.65. The van der Waals surface area contributed by atoms with Crippen LogP contribution in [0, 0.1) is 0 Å². The summed E-state index contributed by atoms with van der Waals surface area (Å²) in [6, 6.07) is 23.8. The van der Waals surface area contributed by atoms with Gasteiger partial charge in [-0.05, 0) is 71.6 Å². The van der Waals surface area contributed by atoms with Crippen LogP contribution >= 0.6 is 11.8 Å². The van der Waals surface area contributed by atoms with Crippen LogP contribution in [0.15, 0.2) is 111 Å². The summed E-state index contributed by atoms with van der Waals surface area (Å²) in [6.07, 6.45) is 1.48. The number of carbonyl (C=O) groups excluding carboxylic acids is 3. The molecular formula is C33H31N3O7S2. The molecule has 0 aliphatic carbocycles. The van der Waals surface area contributed by atoms with Gasteiger partial charge in [0.2, 0.25) is 10.0 Å². The molecule has 4 aromatic rings. The molecular weight excluding hydrogens is 615 g/mol. The van der Waals surface area contributed by atoms with E-state index in [0.29, 0.717) is 33.5 Å². The van der Waals surface area contributed by atoms with Crippen molar-refractivity contribution in [3.8, 4) is 0 Å². The number of thioether (sulfide) groups is 1. The molecule has 0 fully saturated rings. The van der Waals surface area contributed by atoms with Crippen molar-refractivity contribution in [2.24, 2.45) is 0 Å². The Morgan fingerprint density at radius 3 is 2.24 bits per heavy atom. The second-order valence-corrected chi connectivity index (χ2v) is 13.3. The van der Waals surface area contributed by atoms with Crippen molar-refractivity contribution >= 4 is 50.9 Å². The van der Waals surface area contributed by atoms with Gasteiger partial charge in [0, 0.05) is 16.3 Å². The first-order valence-corrected chi connectivity index (χ1v) is 16.5. The van der Waals surface area contributed by atoms with Crippen LogP contribution in [-0.4, -0.2) is 38.2 Å². The highest BCUT2D eigenvalue weighted by Gasteiger charge is 2.39. The zero-order valence-corrected chi connectivity index (χ0v) is 26.4. The van der Waals surface area contributed by atoms with Gasteiger partial charge in [-0.25, -0.2) is 13.2 Å². The third-order valence-electron chi connectivity index (χ3n) is 6.98. The Morgan fingerprint density at radius 2 is 1.60 bits per heavy atom. The van der Waals surface area contributed by atoms with Gasteiger partial charge < -0.3 is 14.5 Å². The number of nitrogens with one attached hydrogen (secondary N) is 2. The molecule has 232 valence electrons.